The third-order valence-corrected chi connectivity index (χ3v) is 1.53. The lowest BCUT2D eigenvalue weighted by molar-refractivity contribution is 0.271. The van der Waals surface area contributed by atoms with E-state index in [2.05, 4.69) is 15.9 Å². The molecule has 66 valence electrons. The van der Waals surface area contributed by atoms with Gasteiger partial charge in [-0.15, -0.1) is 0 Å². The zero-order valence-electron chi connectivity index (χ0n) is 11.1. The largest absolute Gasteiger partial charge is 0.493 e. The molecule has 1 aromatic rings. The lowest BCUT2D eigenvalue weighted by atomic mass is 10.2. The Labute approximate surface area is 87.5 Å². The van der Waals surface area contributed by atoms with Crippen molar-refractivity contribution in [2.45, 2.75) is 13.8 Å². The second-order valence-corrected chi connectivity index (χ2v) is 3.64. The van der Waals surface area contributed by atoms with E-state index >= 15 is 0 Å². The lowest BCUT2D eigenvalue weighted by Gasteiger charge is -2.07. The van der Waals surface area contributed by atoms with Gasteiger partial charge in [-0.25, -0.2) is 0 Å². The van der Waals surface area contributed by atoms with E-state index in [1.165, 1.54) is 0 Å². The number of hydrogen-bond acceptors (Lipinski definition) is 1. The van der Waals surface area contributed by atoms with Crippen LogP contribution in [0.5, 0.6) is 5.75 Å². The van der Waals surface area contributed by atoms with Crippen molar-refractivity contribution in [1.29, 1.82) is 0 Å². The quantitative estimate of drug-likeness (QED) is 0.776. The van der Waals surface area contributed by atoms with Crippen LogP contribution in [0.1, 0.15) is 19.3 Å². The summed E-state index contributed by atoms with van der Waals surface area (Å²) in [5.41, 5.74) is 0. The summed E-state index contributed by atoms with van der Waals surface area (Å²) in [6, 6.07) is -0.512. The molecule has 0 N–H and O–H groups in total. The highest BCUT2D eigenvalue weighted by molar-refractivity contribution is 9.10. The van der Waals surface area contributed by atoms with Gasteiger partial charge in [-0.3, -0.25) is 0 Å². The van der Waals surface area contributed by atoms with E-state index in [0.717, 1.165) is 0 Å². The van der Waals surface area contributed by atoms with Gasteiger partial charge in [-0.2, -0.15) is 0 Å². The van der Waals surface area contributed by atoms with Crippen LogP contribution in [0, 0.1) is 5.92 Å². The average molecular weight is 233 g/mol. The van der Waals surface area contributed by atoms with Crippen molar-refractivity contribution in [3.63, 3.8) is 0 Å². The third-order valence-electron chi connectivity index (χ3n) is 1.13. The average Bonchev–Trinajstić information content (AvgIpc) is 2.23. The zero-order chi connectivity index (χ0) is 12.5. The van der Waals surface area contributed by atoms with Crippen LogP contribution in [-0.2, 0) is 0 Å². The minimum Gasteiger partial charge on any atom is -0.493 e. The first-order valence-electron chi connectivity index (χ1n) is 5.74. The third kappa shape index (κ3) is 3.26. The van der Waals surface area contributed by atoms with E-state index in [1.54, 1.807) is 0 Å². The van der Waals surface area contributed by atoms with Gasteiger partial charge < -0.3 is 4.74 Å². The van der Waals surface area contributed by atoms with E-state index in [1.807, 2.05) is 13.8 Å². The molecule has 0 saturated heterocycles. The summed E-state index contributed by atoms with van der Waals surface area (Å²) in [5.74, 6) is 0.290. The molecule has 12 heavy (non-hydrogen) atoms. The van der Waals surface area contributed by atoms with Crippen LogP contribution in [0.3, 0.4) is 0 Å². The van der Waals surface area contributed by atoms with Gasteiger partial charge in [-0.05, 0) is 30.1 Å². The molecule has 0 heterocycles. The fraction of sp³-hybridized carbons (Fsp3) is 0.400. The van der Waals surface area contributed by atoms with Crippen molar-refractivity contribution in [3.8, 4) is 5.75 Å². The van der Waals surface area contributed by atoms with Crippen molar-refractivity contribution in [1.82, 2.24) is 0 Å². The summed E-state index contributed by atoms with van der Waals surface area (Å²) in [6.45, 7) is 4.28. The summed E-state index contributed by atoms with van der Waals surface area (Å²) >= 11 is 3.02. The molecule has 0 radical (unpaired) electrons. The number of benzene rings is 1. The van der Waals surface area contributed by atoms with Crippen LogP contribution in [0.15, 0.2) is 28.6 Å². The minimum atomic E-state index is -0.145. The summed E-state index contributed by atoms with van der Waals surface area (Å²) in [4.78, 5) is 0. The standard InChI is InChI=1S/C10H13BrO/c1-8(2)7-12-10-5-3-9(11)4-6-10/h3-6,8H,7H2,1-2H3/i3D,4D,5D,6D. The number of halogens is 1. The summed E-state index contributed by atoms with van der Waals surface area (Å²) in [7, 11) is 0. The van der Waals surface area contributed by atoms with E-state index in [4.69, 9.17) is 10.2 Å². The molecule has 0 saturated carbocycles. The fourth-order valence-corrected chi connectivity index (χ4v) is 0.806. The molecule has 1 aromatic carbocycles. The second-order valence-electron chi connectivity index (χ2n) is 2.85. The highest BCUT2D eigenvalue weighted by atomic mass is 79.9. The molecule has 0 bridgehead atoms. The van der Waals surface area contributed by atoms with E-state index in [0.29, 0.717) is 6.61 Å². The molecule has 0 aliphatic carbocycles. The zero-order valence-corrected chi connectivity index (χ0v) is 8.66. The predicted octanol–water partition coefficient (Wildman–Crippen LogP) is 3.48. The molecule has 1 rings (SSSR count). The Morgan fingerprint density at radius 2 is 2.00 bits per heavy atom. The van der Waals surface area contributed by atoms with Crippen molar-refractivity contribution in [2.24, 2.45) is 5.92 Å². The van der Waals surface area contributed by atoms with Gasteiger partial charge in [-0.1, -0.05) is 29.8 Å². The highest BCUT2D eigenvalue weighted by Gasteiger charge is 1.95. The Morgan fingerprint density at radius 3 is 2.50 bits per heavy atom. The molecule has 0 unspecified atom stereocenters. The topological polar surface area (TPSA) is 9.23 Å². The molecule has 0 atom stereocenters. The van der Waals surface area contributed by atoms with Crippen molar-refractivity contribution < 1.29 is 10.2 Å². The molecule has 1 nitrogen and oxygen atoms in total. The summed E-state index contributed by atoms with van der Waals surface area (Å²) in [6.07, 6.45) is 0. The van der Waals surface area contributed by atoms with Crippen LogP contribution in [-0.4, -0.2) is 6.61 Å². The van der Waals surface area contributed by atoms with E-state index < -0.39 is 0 Å². The smallest absolute Gasteiger partial charge is 0.119 e. The first-order valence-corrected chi connectivity index (χ1v) is 4.54. The molecule has 0 spiro atoms. The number of hydrogen-bond donors (Lipinski definition) is 0. The van der Waals surface area contributed by atoms with Gasteiger partial charge in [0.05, 0.1) is 12.1 Å². The maximum absolute atomic E-state index is 7.67. The van der Waals surface area contributed by atoms with Crippen molar-refractivity contribution in [3.05, 3.63) is 28.6 Å². The fourth-order valence-electron chi connectivity index (χ4n) is 0.608. The SMILES string of the molecule is [2H]c1c([2H])c(OCC(C)C)c([2H])c([2H])c1Br. The van der Waals surface area contributed by atoms with Crippen molar-refractivity contribution in [2.75, 3.05) is 6.61 Å². The molecular weight excluding hydrogens is 216 g/mol. The summed E-state index contributed by atoms with van der Waals surface area (Å²) < 4.78 is 36.0. The summed E-state index contributed by atoms with van der Waals surface area (Å²) in [5, 5.41) is 0. The van der Waals surface area contributed by atoms with Crippen LogP contribution < -0.4 is 4.74 Å². The maximum atomic E-state index is 7.67. The highest BCUT2D eigenvalue weighted by Crippen LogP contribution is 2.16. The van der Waals surface area contributed by atoms with Gasteiger partial charge in [0.2, 0.25) is 0 Å². The Kier molecular flexibility index (Phi) is 1.98. The Hall–Kier alpha value is -0.500. The second kappa shape index (κ2) is 4.51. The predicted molar refractivity (Wildman–Crippen MR) is 54.5 cm³/mol. The molecule has 0 aromatic heterocycles. The van der Waals surface area contributed by atoms with Crippen molar-refractivity contribution >= 4 is 15.9 Å². The Balaban J connectivity index is 3.18. The Bertz CT molecular complexity index is 377. The lowest BCUT2D eigenvalue weighted by Crippen LogP contribution is -2.03. The first kappa shape index (κ1) is 5.28. The molecule has 0 fully saturated rings. The van der Waals surface area contributed by atoms with Gasteiger partial charge >= 0.3 is 0 Å². The van der Waals surface area contributed by atoms with Gasteiger partial charge in [0.1, 0.15) is 5.75 Å². The van der Waals surface area contributed by atoms with Gasteiger partial charge in [0, 0.05) is 4.47 Å². The number of rotatable bonds is 3. The molecular formula is C10H13BrO. The van der Waals surface area contributed by atoms with Crippen LogP contribution in [0.4, 0.5) is 0 Å². The van der Waals surface area contributed by atoms with Crippen LogP contribution >= 0.6 is 15.9 Å². The minimum absolute atomic E-state index is 0.0203. The first-order chi connectivity index (χ1) is 7.36. The van der Waals surface area contributed by atoms with Gasteiger partial charge in [0.15, 0.2) is 0 Å². The van der Waals surface area contributed by atoms with Gasteiger partial charge in [0.25, 0.3) is 0 Å². The molecule has 0 aliphatic rings. The number of ether oxygens (including phenoxy) is 1. The monoisotopic (exact) mass is 232 g/mol. The Morgan fingerprint density at radius 1 is 1.42 bits per heavy atom. The molecule has 2 heteroatoms. The van der Waals surface area contributed by atoms with E-state index in [9.17, 15) is 0 Å². The molecule has 0 amide bonds. The normalized spacial score (nSPS) is 15.0. The maximum Gasteiger partial charge on any atom is 0.119 e. The van der Waals surface area contributed by atoms with Crippen LogP contribution in [0.2, 0.25) is 0 Å². The molecule has 0 aliphatic heterocycles. The van der Waals surface area contributed by atoms with E-state index in [-0.39, 0.29) is 40.3 Å². The van der Waals surface area contributed by atoms with Crippen LogP contribution in [0.25, 0.3) is 0 Å².